The molecule has 0 atom stereocenters. The molecule has 0 amide bonds. The summed E-state index contributed by atoms with van der Waals surface area (Å²) in [5.41, 5.74) is 0.334. The average molecular weight is 206 g/mol. The van der Waals surface area contributed by atoms with E-state index in [9.17, 15) is 8.78 Å². The highest BCUT2D eigenvalue weighted by molar-refractivity contribution is 5.65. The Morgan fingerprint density at radius 1 is 0.867 bits per heavy atom. The molecule has 1 nitrogen and oxygen atoms in total. The maximum atomic E-state index is 13.4. The van der Waals surface area contributed by atoms with E-state index in [-0.39, 0.29) is 5.56 Å². The summed E-state index contributed by atoms with van der Waals surface area (Å²) >= 11 is 0. The van der Waals surface area contributed by atoms with Crippen molar-refractivity contribution in [2.24, 2.45) is 0 Å². The van der Waals surface area contributed by atoms with Gasteiger partial charge in [0.1, 0.15) is 17.4 Å². The Morgan fingerprint density at radius 3 is 1.93 bits per heavy atom. The van der Waals surface area contributed by atoms with Crippen LogP contribution in [0.15, 0.2) is 42.5 Å². The number of halogens is 2. The van der Waals surface area contributed by atoms with Crippen LogP contribution >= 0.6 is 0 Å². The van der Waals surface area contributed by atoms with Crippen molar-refractivity contribution in [1.29, 1.82) is 0 Å². The number of phenols is 1. The van der Waals surface area contributed by atoms with Crippen molar-refractivity contribution >= 4 is 0 Å². The Hall–Kier alpha value is -1.90. The van der Waals surface area contributed by atoms with E-state index < -0.39 is 17.4 Å². The lowest BCUT2D eigenvalue weighted by atomic mass is 10.0. The van der Waals surface area contributed by atoms with Crippen LogP contribution in [0.25, 0.3) is 11.1 Å². The third-order valence-corrected chi connectivity index (χ3v) is 2.09. The summed E-state index contributed by atoms with van der Waals surface area (Å²) in [4.78, 5) is 0. The minimum Gasteiger partial charge on any atom is -0.508 e. The zero-order valence-electron chi connectivity index (χ0n) is 7.74. The van der Waals surface area contributed by atoms with Gasteiger partial charge in [-0.3, -0.25) is 0 Å². The van der Waals surface area contributed by atoms with Gasteiger partial charge in [-0.1, -0.05) is 30.3 Å². The molecule has 2 aromatic carbocycles. The van der Waals surface area contributed by atoms with Gasteiger partial charge in [0.05, 0.1) is 5.56 Å². The fourth-order valence-corrected chi connectivity index (χ4v) is 1.44. The number of hydrogen-bond donors (Lipinski definition) is 1. The number of phenolic OH excluding ortho intramolecular Hbond substituents is 1. The first-order valence-electron chi connectivity index (χ1n) is 4.42. The summed E-state index contributed by atoms with van der Waals surface area (Å²) in [6, 6.07) is 10.2. The topological polar surface area (TPSA) is 20.2 Å². The molecule has 0 spiro atoms. The molecule has 0 heterocycles. The van der Waals surface area contributed by atoms with Gasteiger partial charge in [0.25, 0.3) is 0 Å². The molecule has 0 bridgehead atoms. The Kier molecular flexibility index (Phi) is 2.37. The van der Waals surface area contributed by atoms with Crippen molar-refractivity contribution in [3.8, 4) is 16.9 Å². The second kappa shape index (κ2) is 3.69. The highest BCUT2D eigenvalue weighted by Gasteiger charge is 2.12. The highest BCUT2D eigenvalue weighted by Crippen LogP contribution is 2.28. The SMILES string of the molecule is Oc1cc(F)c(-c2ccccc2)c(F)c1. The lowest BCUT2D eigenvalue weighted by Crippen LogP contribution is -1.89. The van der Waals surface area contributed by atoms with E-state index in [0.717, 1.165) is 12.1 Å². The summed E-state index contributed by atoms with van der Waals surface area (Å²) in [7, 11) is 0. The highest BCUT2D eigenvalue weighted by atomic mass is 19.1. The summed E-state index contributed by atoms with van der Waals surface area (Å²) in [5.74, 6) is -1.94. The predicted octanol–water partition coefficient (Wildman–Crippen LogP) is 3.34. The van der Waals surface area contributed by atoms with Crippen LogP contribution in [-0.4, -0.2) is 5.11 Å². The van der Waals surface area contributed by atoms with Crippen molar-refractivity contribution in [3.05, 3.63) is 54.1 Å². The molecule has 1 N–H and O–H groups in total. The number of aromatic hydroxyl groups is 1. The van der Waals surface area contributed by atoms with Crippen LogP contribution in [-0.2, 0) is 0 Å². The summed E-state index contributed by atoms with van der Waals surface area (Å²) < 4.78 is 26.8. The summed E-state index contributed by atoms with van der Waals surface area (Å²) in [6.45, 7) is 0. The fraction of sp³-hybridized carbons (Fsp3) is 0. The molecule has 76 valence electrons. The minimum absolute atomic E-state index is 0.117. The monoisotopic (exact) mass is 206 g/mol. The van der Waals surface area contributed by atoms with Gasteiger partial charge in [0, 0.05) is 12.1 Å². The molecule has 3 heteroatoms. The van der Waals surface area contributed by atoms with Gasteiger partial charge in [-0.2, -0.15) is 0 Å². The Morgan fingerprint density at radius 2 is 1.40 bits per heavy atom. The molecule has 0 radical (unpaired) electrons. The maximum Gasteiger partial charge on any atom is 0.137 e. The van der Waals surface area contributed by atoms with Gasteiger partial charge < -0.3 is 5.11 Å². The Bertz CT molecular complexity index is 457. The van der Waals surface area contributed by atoms with Gasteiger partial charge in [-0.15, -0.1) is 0 Å². The maximum absolute atomic E-state index is 13.4. The van der Waals surface area contributed by atoms with Crippen molar-refractivity contribution in [3.63, 3.8) is 0 Å². The molecule has 0 aliphatic rings. The number of rotatable bonds is 1. The van der Waals surface area contributed by atoms with E-state index in [4.69, 9.17) is 5.11 Å². The smallest absolute Gasteiger partial charge is 0.137 e. The van der Waals surface area contributed by atoms with Crippen molar-refractivity contribution in [2.75, 3.05) is 0 Å². The van der Waals surface area contributed by atoms with E-state index in [0.29, 0.717) is 5.56 Å². The van der Waals surface area contributed by atoms with E-state index in [1.54, 1.807) is 30.3 Å². The zero-order chi connectivity index (χ0) is 10.8. The van der Waals surface area contributed by atoms with Gasteiger partial charge in [-0.05, 0) is 5.56 Å². The van der Waals surface area contributed by atoms with Crippen LogP contribution in [0.1, 0.15) is 0 Å². The van der Waals surface area contributed by atoms with Crippen LogP contribution in [0, 0.1) is 11.6 Å². The molecule has 0 unspecified atom stereocenters. The minimum atomic E-state index is -0.765. The molecular formula is C12H8F2O. The molecule has 0 saturated heterocycles. The molecule has 0 saturated carbocycles. The van der Waals surface area contributed by atoms with Crippen LogP contribution in [0.2, 0.25) is 0 Å². The van der Waals surface area contributed by atoms with E-state index in [2.05, 4.69) is 0 Å². The Labute approximate surface area is 85.6 Å². The first-order chi connectivity index (χ1) is 7.18. The van der Waals surface area contributed by atoms with Gasteiger partial charge in [0.2, 0.25) is 0 Å². The van der Waals surface area contributed by atoms with E-state index in [1.807, 2.05) is 0 Å². The van der Waals surface area contributed by atoms with Crippen LogP contribution in [0.4, 0.5) is 8.78 Å². The molecule has 0 aliphatic heterocycles. The van der Waals surface area contributed by atoms with Gasteiger partial charge in [0.15, 0.2) is 0 Å². The average Bonchev–Trinajstić information content (AvgIpc) is 2.17. The van der Waals surface area contributed by atoms with Crippen molar-refractivity contribution < 1.29 is 13.9 Å². The normalized spacial score (nSPS) is 10.3. The lowest BCUT2D eigenvalue weighted by molar-refractivity contribution is 0.461. The molecule has 0 aromatic heterocycles. The molecule has 2 aromatic rings. The first kappa shape index (κ1) is 9.65. The number of hydrogen-bond acceptors (Lipinski definition) is 1. The summed E-state index contributed by atoms with van der Waals surface area (Å²) in [6.07, 6.45) is 0. The zero-order valence-corrected chi connectivity index (χ0v) is 7.74. The quantitative estimate of drug-likeness (QED) is 0.758. The lowest BCUT2D eigenvalue weighted by Gasteiger charge is -2.05. The molecule has 15 heavy (non-hydrogen) atoms. The standard InChI is InChI=1S/C12H8F2O/c13-10-6-9(15)7-11(14)12(10)8-4-2-1-3-5-8/h1-7,15H. The van der Waals surface area contributed by atoms with E-state index in [1.165, 1.54) is 0 Å². The number of benzene rings is 2. The predicted molar refractivity (Wildman–Crippen MR) is 53.5 cm³/mol. The van der Waals surface area contributed by atoms with Gasteiger partial charge in [-0.25, -0.2) is 8.78 Å². The molecule has 0 fully saturated rings. The second-order valence-corrected chi connectivity index (χ2v) is 3.15. The molecular weight excluding hydrogens is 198 g/mol. The van der Waals surface area contributed by atoms with Crippen LogP contribution < -0.4 is 0 Å². The van der Waals surface area contributed by atoms with Crippen molar-refractivity contribution in [2.45, 2.75) is 0 Å². The van der Waals surface area contributed by atoms with Crippen LogP contribution in [0.5, 0.6) is 5.75 Å². The van der Waals surface area contributed by atoms with Gasteiger partial charge >= 0.3 is 0 Å². The third-order valence-electron chi connectivity index (χ3n) is 2.09. The third kappa shape index (κ3) is 1.81. The molecule has 0 aliphatic carbocycles. The largest absolute Gasteiger partial charge is 0.508 e. The Balaban J connectivity index is 2.64. The van der Waals surface area contributed by atoms with Crippen molar-refractivity contribution in [1.82, 2.24) is 0 Å². The molecule has 2 rings (SSSR count). The van der Waals surface area contributed by atoms with Crippen LogP contribution in [0.3, 0.4) is 0 Å². The first-order valence-corrected chi connectivity index (χ1v) is 4.42. The fourth-order valence-electron chi connectivity index (χ4n) is 1.44. The second-order valence-electron chi connectivity index (χ2n) is 3.15. The van der Waals surface area contributed by atoms with E-state index >= 15 is 0 Å². The summed E-state index contributed by atoms with van der Waals surface area (Å²) in [5, 5.41) is 8.99.